The van der Waals surface area contributed by atoms with Gasteiger partial charge in [0, 0.05) is 41.6 Å². The predicted octanol–water partition coefficient (Wildman–Crippen LogP) is 3.95. The summed E-state index contributed by atoms with van der Waals surface area (Å²) in [5.74, 6) is -0.0258. The van der Waals surface area contributed by atoms with Crippen LogP contribution in [0, 0.1) is 0 Å². The summed E-state index contributed by atoms with van der Waals surface area (Å²) >= 11 is 0. The molecule has 2 atom stereocenters. The predicted molar refractivity (Wildman–Crippen MR) is 121 cm³/mol. The van der Waals surface area contributed by atoms with Gasteiger partial charge in [-0.15, -0.1) is 0 Å². The lowest BCUT2D eigenvalue weighted by molar-refractivity contribution is 0.0947. The number of nitrogens with one attached hydrogen (secondary N) is 3. The zero-order valence-electron chi connectivity index (χ0n) is 16.9. The number of nitrogens with zero attached hydrogens (tertiary/aromatic N) is 1. The second kappa shape index (κ2) is 7.95. The Labute approximate surface area is 176 Å². The first-order chi connectivity index (χ1) is 14.7. The number of carbonyl (C=O) groups is 1. The molecule has 0 saturated heterocycles. The number of nitrogens with two attached hydrogens (primary N) is 1. The molecule has 1 aliphatic carbocycles. The number of benzene rings is 2. The Hall–Kier alpha value is -3.12. The van der Waals surface area contributed by atoms with Gasteiger partial charge >= 0.3 is 0 Å². The van der Waals surface area contributed by atoms with Gasteiger partial charge in [0.15, 0.2) is 0 Å². The van der Waals surface area contributed by atoms with Crippen molar-refractivity contribution < 1.29 is 4.79 Å². The summed E-state index contributed by atoms with van der Waals surface area (Å²) in [5, 5.41) is 11.2. The van der Waals surface area contributed by atoms with Crippen LogP contribution in [-0.2, 0) is 6.42 Å². The first-order valence-corrected chi connectivity index (χ1v) is 10.8. The second-order valence-electron chi connectivity index (χ2n) is 8.30. The molecule has 3 aromatic rings. The largest absolute Gasteiger partial charge is 0.381 e. The Morgan fingerprint density at radius 3 is 2.87 bits per heavy atom. The summed E-state index contributed by atoms with van der Waals surface area (Å²) in [4.78, 5) is 17.0. The molecule has 6 nitrogen and oxygen atoms in total. The van der Waals surface area contributed by atoms with Gasteiger partial charge < -0.3 is 21.7 Å². The van der Waals surface area contributed by atoms with Crippen molar-refractivity contribution in [2.75, 3.05) is 17.2 Å². The van der Waals surface area contributed by atoms with E-state index in [9.17, 15) is 4.79 Å². The average Bonchev–Trinajstić information content (AvgIpc) is 2.75. The molecule has 154 valence electrons. The normalized spacial score (nSPS) is 21.0. The first kappa shape index (κ1) is 18.9. The van der Waals surface area contributed by atoms with Gasteiger partial charge in [-0.2, -0.15) is 0 Å². The Morgan fingerprint density at radius 2 is 1.97 bits per heavy atom. The molecular formula is C24H27N5O. The van der Waals surface area contributed by atoms with Crippen LogP contribution in [0.1, 0.15) is 41.6 Å². The van der Waals surface area contributed by atoms with Crippen molar-refractivity contribution in [1.82, 2.24) is 10.3 Å². The maximum atomic E-state index is 12.7. The molecule has 0 bridgehead atoms. The van der Waals surface area contributed by atoms with Crippen LogP contribution in [0.3, 0.4) is 0 Å². The van der Waals surface area contributed by atoms with Crippen LogP contribution in [0.5, 0.6) is 0 Å². The van der Waals surface area contributed by atoms with Gasteiger partial charge in [-0.25, -0.2) is 0 Å². The number of fused-ring (bicyclic) bond motifs is 2. The highest BCUT2D eigenvalue weighted by Crippen LogP contribution is 2.32. The highest BCUT2D eigenvalue weighted by Gasteiger charge is 2.25. The molecule has 30 heavy (non-hydrogen) atoms. The first-order valence-electron chi connectivity index (χ1n) is 10.8. The van der Waals surface area contributed by atoms with Crippen LogP contribution in [0.2, 0.25) is 0 Å². The number of rotatable bonds is 4. The van der Waals surface area contributed by atoms with Gasteiger partial charge in [-0.05, 0) is 61.2 Å². The molecule has 5 rings (SSSR count). The molecule has 6 heteroatoms. The summed E-state index contributed by atoms with van der Waals surface area (Å²) in [7, 11) is 0. The molecule has 1 aliphatic heterocycles. The van der Waals surface area contributed by atoms with Crippen molar-refractivity contribution in [3.63, 3.8) is 0 Å². The lowest BCUT2D eigenvalue weighted by Crippen LogP contribution is -2.42. The second-order valence-corrected chi connectivity index (χ2v) is 8.30. The molecule has 1 aromatic heterocycles. The van der Waals surface area contributed by atoms with E-state index in [0.717, 1.165) is 58.4 Å². The Balaban J connectivity index is 1.50. The number of amides is 1. The maximum absolute atomic E-state index is 12.7. The van der Waals surface area contributed by atoms with Crippen molar-refractivity contribution in [3.05, 3.63) is 59.8 Å². The van der Waals surface area contributed by atoms with E-state index in [2.05, 4.69) is 33.1 Å². The van der Waals surface area contributed by atoms with Crippen LogP contribution in [0.4, 0.5) is 17.1 Å². The Kier molecular flexibility index (Phi) is 5.01. The highest BCUT2D eigenvalue weighted by atomic mass is 16.1. The van der Waals surface area contributed by atoms with Crippen molar-refractivity contribution in [2.45, 2.75) is 44.2 Å². The number of carbonyl (C=O) groups excluding carboxylic acids is 1. The quantitative estimate of drug-likeness (QED) is 0.531. The molecule has 2 heterocycles. The van der Waals surface area contributed by atoms with Crippen LogP contribution >= 0.6 is 0 Å². The van der Waals surface area contributed by atoms with Gasteiger partial charge in [-0.1, -0.05) is 18.9 Å². The molecule has 1 fully saturated rings. The minimum absolute atomic E-state index is 0.0258. The number of hydrogen-bond donors (Lipinski definition) is 4. The fourth-order valence-corrected chi connectivity index (χ4v) is 4.61. The summed E-state index contributed by atoms with van der Waals surface area (Å²) in [6.07, 6.45) is 7.16. The number of pyridine rings is 1. The number of aromatic nitrogens is 1. The van der Waals surface area contributed by atoms with E-state index in [4.69, 9.17) is 5.73 Å². The van der Waals surface area contributed by atoms with E-state index in [1.165, 1.54) is 12.8 Å². The van der Waals surface area contributed by atoms with E-state index in [-0.39, 0.29) is 18.0 Å². The van der Waals surface area contributed by atoms with Crippen molar-refractivity contribution in [1.29, 1.82) is 0 Å². The van der Waals surface area contributed by atoms with E-state index in [1.807, 2.05) is 30.3 Å². The van der Waals surface area contributed by atoms with E-state index in [0.29, 0.717) is 6.54 Å². The molecule has 2 unspecified atom stereocenters. The molecule has 5 N–H and O–H groups in total. The summed E-state index contributed by atoms with van der Waals surface area (Å²) < 4.78 is 0. The third-order valence-electron chi connectivity index (χ3n) is 6.18. The van der Waals surface area contributed by atoms with Gasteiger partial charge in [0.1, 0.15) is 0 Å². The standard InChI is InChI=1S/C24H27N5O/c25-19-5-1-2-6-21(19)29-18-13-16-9-11-27-24(30)23(16)22(14-18)28-17-7-8-20-15(12-17)4-3-10-26-20/h3-4,7-8,10,12-14,19,21,28-29H,1-2,5-6,9,11,25H2,(H,27,30). The smallest absolute Gasteiger partial charge is 0.253 e. The van der Waals surface area contributed by atoms with Gasteiger partial charge in [0.2, 0.25) is 0 Å². The maximum Gasteiger partial charge on any atom is 0.253 e. The Bertz CT molecular complexity index is 1100. The van der Waals surface area contributed by atoms with E-state index in [1.54, 1.807) is 6.20 Å². The fraction of sp³-hybridized carbons (Fsp3) is 0.333. The third kappa shape index (κ3) is 3.71. The topological polar surface area (TPSA) is 92.1 Å². The summed E-state index contributed by atoms with van der Waals surface area (Å²) in [6, 6.07) is 14.6. The monoisotopic (exact) mass is 401 g/mol. The molecule has 0 spiro atoms. The summed E-state index contributed by atoms with van der Waals surface area (Å²) in [6.45, 7) is 0.666. The van der Waals surface area contributed by atoms with Gasteiger partial charge in [0.25, 0.3) is 5.91 Å². The highest BCUT2D eigenvalue weighted by molar-refractivity contribution is 6.03. The van der Waals surface area contributed by atoms with Gasteiger partial charge in [0.05, 0.1) is 16.8 Å². The number of anilines is 3. The molecule has 2 aromatic carbocycles. The van der Waals surface area contributed by atoms with Crippen molar-refractivity contribution >= 4 is 33.9 Å². The lowest BCUT2D eigenvalue weighted by atomic mass is 9.90. The van der Waals surface area contributed by atoms with Gasteiger partial charge in [-0.3, -0.25) is 9.78 Å². The van der Waals surface area contributed by atoms with Crippen LogP contribution in [-0.4, -0.2) is 29.5 Å². The minimum Gasteiger partial charge on any atom is -0.381 e. The number of hydrogen-bond acceptors (Lipinski definition) is 5. The average molecular weight is 402 g/mol. The SMILES string of the molecule is NC1CCCCC1Nc1cc2c(c(Nc3ccc4ncccc4c3)c1)C(=O)NCC2. The zero-order valence-corrected chi connectivity index (χ0v) is 16.9. The molecule has 1 amide bonds. The zero-order chi connectivity index (χ0) is 20.5. The van der Waals surface area contributed by atoms with Crippen LogP contribution in [0.25, 0.3) is 10.9 Å². The van der Waals surface area contributed by atoms with E-state index >= 15 is 0 Å². The Morgan fingerprint density at radius 1 is 1.07 bits per heavy atom. The van der Waals surface area contributed by atoms with Crippen molar-refractivity contribution in [3.8, 4) is 0 Å². The van der Waals surface area contributed by atoms with E-state index < -0.39 is 0 Å². The molecule has 0 radical (unpaired) electrons. The minimum atomic E-state index is -0.0258. The molecule has 1 saturated carbocycles. The fourth-order valence-electron chi connectivity index (χ4n) is 4.61. The molecular weight excluding hydrogens is 374 g/mol. The van der Waals surface area contributed by atoms with Crippen LogP contribution < -0.4 is 21.7 Å². The summed E-state index contributed by atoms with van der Waals surface area (Å²) in [5.41, 5.74) is 11.9. The molecule has 2 aliphatic rings. The third-order valence-corrected chi connectivity index (χ3v) is 6.18. The van der Waals surface area contributed by atoms with Crippen LogP contribution in [0.15, 0.2) is 48.7 Å². The lowest BCUT2D eigenvalue weighted by Gasteiger charge is -2.31. The van der Waals surface area contributed by atoms with Crippen molar-refractivity contribution in [2.24, 2.45) is 5.73 Å².